The Morgan fingerprint density at radius 1 is 1.22 bits per heavy atom. The number of nitrogens with one attached hydrogen (secondary N) is 2. The average molecular weight is 365 g/mol. The van der Waals surface area contributed by atoms with Crippen LogP contribution >= 0.6 is 24.8 Å². The molecule has 0 aliphatic carbocycles. The number of pyridine rings is 1. The number of rotatable bonds is 8. The summed E-state index contributed by atoms with van der Waals surface area (Å²) in [7, 11) is 1.67. The lowest BCUT2D eigenvalue weighted by molar-refractivity contribution is 0.0953. The van der Waals surface area contributed by atoms with Crippen LogP contribution in [0.15, 0.2) is 18.3 Å². The summed E-state index contributed by atoms with van der Waals surface area (Å²) in [5, 5.41) is 6.05. The molecule has 1 fully saturated rings. The van der Waals surface area contributed by atoms with Gasteiger partial charge < -0.3 is 20.3 Å². The minimum atomic E-state index is -0.0796. The molecular formula is C15H26Cl2N4O2. The Kier molecular flexibility index (Phi) is 11.8. The molecule has 2 rings (SSSR count). The van der Waals surface area contributed by atoms with Gasteiger partial charge in [-0.25, -0.2) is 4.98 Å². The van der Waals surface area contributed by atoms with E-state index in [2.05, 4.69) is 20.5 Å². The van der Waals surface area contributed by atoms with Crippen LogP contribution in [0.25, 0.3) is 0 Å². The lowest BCUT2D eigenvalue weighted by atomic mass is 10.2. The van der Waals surface area contributed by atoms with Gasteiger partial charge in [-0.05, 0) is 25.0 Å². The zero-order chi connectivity index (χ0) is 14.9. The first kappa shape index (κ1) is 21.9. The highest BCUT2D eigenvalue weighted by atomic mass is 35.5. The molecule has 0 bridgehead atoms. The Bertz CT molecular complexity index is 440. The Labute approximate surface area is 150 Å². The monoisotopic (exact) mass is 364 g/mol. The number of ether oxygens (including phenoxy) is 1. The molecule has 132 valence electrons. The molecule has 1 aliphatic heterocycles. The highest BCUT2D eigenvalue weighted by Crippen LogP contribution is 2.17. The molecule has 0 atom stereocenters. The van der Waals surface area contributed by atoms with Crippen molar-refractivity contribution in [3.63, 3.8) is 0 Å². The molecule has 6 nitrogen and oxygen atoms in total. The number of halogens is 2. The maximum Gasteiger partial charge on any atom is 0.252 e. The van der Waals surface area contributed by atoms with Crippen LogP contribution in [-0.4, -0.2) is 57.3 Å². The fourth-order valence-electron chi connectivity index (χ4n) is 2.32. The lowest BCUT2D eigenvalue weighted by Gasteiger charge is -2.16. The van der Waals surface area contributed by atoms with Crippen molar-refractivity contribution < 1.29 is 9.53 Å². The van der Waals surface area contributed by atoms with E-state index in [-0.39, 0.29) is 30.7 Å². The van der Waals surface area contributed by atoms with Gasteiger partial charge in [0.25, 0.3) is 5.91 Å². The summed E-state index contributed by atoms with van der Waals surface area (Å²) in [5.41, 5.74) is 0.606. The SMILES string of the molecule is COCCNCCNC(=O)c1ccc(N2CCCC2)nc1.Cl.Cl. The number of carbonyl (C=O) groups is 1. The van der Waals surface area contributed by atoms with E-state index in [9.17, 15) is 4.79 Å². The Hall–Kier alpha value is -1.08. The topological polar surface area (TPSA) is 66.5 Å². The van der Waals surface area contributed by atoms with Crippen molar-refractivity contribution in [3.05, 3.63) is 23.9 Å². The van der Waals surface area contributed by atoms with Gasteiger partial charge in [0.05, 0.1) is 12.2 Å². The number of amides is 1. The van der Waals surface area contributed by atoms with Gasteiger partial charge in [-0.2, -0.15) is 0 Å². The van der Waals surface area contributed by atoms with E-state index in [1.54, 1.807) is 13.3 Å². The minimum absolute atomic E-state index is 0. The van der Waals surface area contributed by atoms with Crippen LogP contribution < -0.4 is 15.5 Å². The van der Waals surface area contributed by atoms with Gasteiger partial charge in [0, 0.05) is 46.0 Å². The zero-order valence-electron chi connectivity index (χ0n) is 13.4. The predicted molar refractivity (Wildman–Crippen MR) is 97.3 cm³/mol. The molecule has 0 spiro atoms. The molecule has 1 aromatic rings. The second kappa shape index (κ2) is 12.4. The summed E-state index contributed by atoms with van der Waals surface area (Å²) < 4.78 is 4.93. The number of hydrogen-bond acceptors (Lipinski definition) is 5. The number of aromatic nitrogens is 1. The van der Waals surface area contributed by atoms with Crippen LogP contribution in [0.2, 0.25) is 0 Å². The van der Waals surface area contributed by atoms with E-state index in [0.717, 1.165) is 32.0 Å². The van der Waals surface area contributed by atoms with Gasteiger partial charge in [0.1, 0.15) is 5.82 Å². The normalized spacial score (nSPS) is 13.2. The van der Waals surface area contributed by atoms with Crippen LogP contribution in [-0.2, 0) is 4.74 Å². The predicted octanol–water partition coefficient (Wildman–Crippen LogP) is 1.49. The van der Waals surface area contributed by atoms with Crippen LogP contribution in [0.3, 0.4) is 0 Å². The molecular weight excluding hydrogens is 339 g/mol. The highest BCUT2D eigenvalue weighted by Gasteiger charge is 2.14. The molecule has 0 unspecified atom stereocenters. The van der Waals surface area contributed by atoms with Crippen LogP contribution in [0.5, 0.6) is 0 Å². The lowest BCUT2D eigenvalue weighted by Crippen LogP contribution is -2.33. The van der Waals surface area contributed by atoms with Gasteiger partial charge in [-0.15, -0.1) is 24.8 Å². The summed E-state index contributed by atoms with van der Waals surface area (Å²) in [6.07, 6.45) is 4.10. The van der Waals surface area contributed by atoms with Crippen molar-refractivity contribution in [2.75, 3.05) is 51.3 Å². The minimum Gasteiger partial charge on any atom is -0.383 e. The number of hydrogen-bond donors (Lipinski definition) is 2. The third kappa shape index (κ3) is 7.35. The largest absolute Gasteiger partial charge is 0.383 e. The van der Waals surface area contributed by atoms with E-state index in [1.165, 1.54) is 12.8 Å². The van der Waals surface area contributed by atoms with E-state index in [0.29, 0.717) is 18.7 Å². The molecule has 0 radical (unpaired) electrons. The van der Waals surface area contributed by atoms with Crippen molar-refractivity contribution in [3.8, 4) is 0 Å². The van der Waals surface area contributed by atoms with Crippen molar-refractivity contribution in [1.82, 2.24) is 15.6 Å². The maximum atomic E-state index is 11.9. The van der Waals surface area contributed by atoms with E-state index < -0.39 is 0 Å². The Morgan fingerprint density at radius 2 is 1.96 bits per heavy atom. The fourth-order valence-corrected chi connectivity index (χ4v) is 2.32. The van der Waals surface area contributed by atoms with E-state index in [4.69, 9.17) is 4.74 Å². The molecule has 1 aliphatic rings. The smallest absolute Gasteiger partial charge is 0.252 e. The van der Waals surface area contributed by atoms with E-state index in [1.807, 2.05) is 12.1 Å². The standard InChI is InChI=1S/C15H24N4O2.2ClH/c1-21-11-8-16-6-7-17-15(20)13-4-5-14(18-12-13)19-9-2-3-10-19;;/h4-5,12,16H,2-3,6-11H2,1H3,(H,17,20);2*1H. The Morgan fingerprint density at radius 3 is 2.57 bits per heavy atom. The van der Waals surface area contributed by atoms with Crippen LogP contribution in [0, 0.1) is 0 Å². The van der Waals surface area contributed by atoms with Crippen molar-refractivity contribution in [2.24, 2.45) is 0 Å². The molecule has 1 aromatic heterocycles. The summed E-state index contributed by atoms with van der Waals surface area (Å²) in [6.45, 7) is 4.91. The third-order valence-corrected chi connectivity index (χ3v) is 3.51. The maximum absolute atomic E-state index is 11.9. The van der Waals surface area contributed by atoms with Gasteiger partial charge in [0.2, 0.25) is 0 Å². The first-order chi connectivity index (χ1) is 10.3. The van der Waals surface area contributed by atoms with Crippen molar-refractivity contribution in [1.29, 1.82) is 0 Å². The van der Waals surface area contributed by atoms with Crippen molar-refractivity contribution in [2.45, 2.75) is 12.8 Å². The number of carbonyl (C=O) groups excluding carboxylic acids is 1. The molecule has 23 heavy (non-hydrogen) atoms. The fraction of sp³-hybridized carbons (Fsp3) is 0.600. The van der Waals surface area contributed by atoms with Crippen LogP contribution in [0.4, 0.5) is 5.82 Å². The first-order valence-corrected chi connectivity index (χ1v) is 7.50. The van der Waals surface area contributed by atoms with Gasteiger partial charge in [0.15, 0.2) is 0 Å². The molecule has 0 aromatic carbocycles. The first-order valence-electron chi connectivity index (χ1n) is 7.50. The second-order valence-corrected chi connectivity index (χ2v) is 5.10. The van der Waals surface area contributed by atoms with Gasteiger partial charge in [-0.1, -0.05) is 0 Å². The second-order valence-electron chi connectivity index (χ2n) is 5.10. The average Bonchev–Trinajstić information content (AvgIpc) is 3.05. The van der Waals surface area contributed by atoms with Gasteiger partial charge >= 0.3 is 0 Å². The third-order valence-electron chi connectivity index (χ3n) is 3.51. The zero-order valence-corrected chi connectivity index (χ0v) is 15.0. The summed E-state index contributed by atoms with van der Waals surface area (Å²) >= 11 is 0. The molecule has 0 saturated carbocycles. The number of nitrogens with zero attached hydrogens (tertiary/aromatic N) is 2. The molecule has 8 heteroatoms. The summed E-state index contributed by atoms with van der Waals surface area (Å²) in [5.74, 6) is 0.884. The molecule has 2 heterocycles. The quantitative estimate of drug-likeness (QED) is 0.684. The summed E-state index contributed by atoms with van der Waals surface area (Å²) in [6, 6.07) is 3.77. The molecule has 2 N–H and O–H groups in total. The van der Waals surface area contributed by atoms with Crippen molar-refractivity contribution >= 4 is 36.5 Å². The summed E-state index contributed by atoms with van der Waals surface area (Å²) in [4.78, 5) is 18.6. The Balaban J connectivity index is 0.00000242. The van der Waals surface area contributed by atoms with Crippen LogP contribution in [0.1, 0.15) is 23.2 Å². The van der Waals surface area contributed by atoms with Gasteiger partial charge in [-0.3, -0.25) is 4.79 Å². The molecule has 1 amide bonds. The highest BCUT2D eigenvalue weighted by molar-refractivity contribution is 5.94. The number of methoxy groups -OCH3 is 1. The number of anilines is 1. The molecule has 1 saturated heterocycles. The van der Waals surface area contributed by atoms with E-state index >= 15 is 0 Å².